The van der Waals surface area contributed by atoms with Gasteiger partial charge in [-0.1, -0.05) is 36.1 Å². The number of hydrogen-bond donors (Lipinski definition) is 3. The highest BCUT2D eigenvalue weighted by atomic mass is 16.2. The molecule has 0 unspecified atom stereocenters. The molecule has 11 nitrogen and oxygen atoms in total. The molecule has 11 heteroatoms. The standard InChI is InChI=1S/C27H23N9O2/c1-17(32-26(37)23-24(28)30-14-13-29-23)25-33-21-10-6-7-19(12-11-18-15-31-35(2)16-18)22(21)27(38)36(25)34-20-8-4-3-5-9-20/h3-10,13-17,34H,1-2H3,(H2,28,30)(H,32,37)/t17-/m0/s1. The number of benzene rings is 2. The third-order valence-corrected chi connectivity index (χ3v) is 5.66. The third kappa shape index (κ3) is 4.91. The molecule has 0 saturated carbocycles. The molecule has 0 aliphatic rings. The summed E-state index contributed by atoms with van der Waals surface area (Å²) in [6, 6.07) is 13.8. The van der Waals surface area contributed by atoms with E-state index in [0.29, 0.717) is 22.2 Å². The Labute approximate surface area is 217 Å². The van der Waals surface area contributed by atoms with Gasteiger partial charge in [-0.2, -0.15) is 5.10 Å². The van der Waals surface area contributed by atoms with Crippen LogP contribution in [0.25, 0.3) is 10.9 Å². The quantitative estimate of drug-likeness (QED) is 0.309. The van der Waals surface area contributed by atoms with E-state index in [1.54, 1.807) is 49.2 Å². The van der Waals surface area contributed by atoms with Gasteiger partial charge in [-0.25, -0.2) is 19.6 Å². The fourth-order valence-electron chi connectivity index (χ4n) is 3.87. The first-order valence-corrected chi connectivity index (χ1v) is 11.7. The normalized spacial score (nSPS) is 11.4. The number of amides is 1. The van der Waals surface area contributed by atoms with Crippen molar-refractivity contribution in [2.75, 3.05) is 11.2 Å². The highest BCUT2D eigenvalue weighted by Gasteiger charge is 2.22. The summed E-state index contributed by atoms with van der Waals surface area (Å²) >= 11 is 0. The number of fused-ring (bicyclic) bond motifs is 1. The largest absolute Gasteiger partial charge is 0.382 e. The predicted octanol–water partition coefficient (Wildman–Crippen LogP) is 2.27. The number of hydrogen-bond acceptors (Lipinski definition) is 8. The molecule has 188 valence electrons. The van der Waals surface area contributed by atoms with Crippen molar-refractivity contribution in [2.45, 2.75) is 13.0 Å². The molecule has 5 aromatic rings. The van der Waals surface area contributed by atoms with E-state index in [2.05, 4.69) is 37.7 Å². The summed E-state index contributed by atoms with van der Waals surface area (Å²) in [5, 5.41) is 7.28. The van der Waals surface area contributed by atoms with E-state index >= 15 is 0 Å². The van der Waals surface area contributed by atoms with E-state index < -0.39 is 11.9 Å². The van der Waals surface area contributed by atoms with Gasteiger partial charge < -0.3 is 11.1 Å². The van der Waals surface area contributed by atoms with E-state index in [-0.39, 0.29) is 22.9 Å². The van der Waals surface area contributed by atoms with Gasteiger partial charge in [0.05, 0.1) is 34.4 Å². The molecule has 0 saturated heterocycles. The monoisotopic (exact) mass is 505 g/mol. The minimum atomic E-state index is -0.706. The maximum absolute atomic E-state index is 13.9. The average molecular weight is 506 g/mol. The van der Waals surface area contributed by atoms with Crippen molar-refractivity contribution in [3.63, 3.8) is 0 Å². The fourth-order valence-corrected chi connectivity index (χ4v) is 3.87. The van der Waals surface area contributed by atoms with Crippen LogP contribution in [0.2, 0.25) is 0 Å². The van der Waals surface area contributed by atoms with Gasteiger partial charge >= 0.3 is 0 Å². The SMILES string of the molecule is C[C@H](NC(=O)c1nccnc1N)c1nc2cccc(C#Cc3cnn(C)c3)c2c(=O)n1Nc1ccccc1. The van der Waals surface area contributed by atoms with Crippen LogP contribution in [0, 0.1) is 11.8 Å². The number of aromatic nitrogens is 6. The Hall–Kier alpha value is -5.50. The van der Waals surface area contributed by atoms with Gasteiger partial charge in [0.1, 0.15) is 0 Å². The van der Waals surface area contributed by atoms with Crippen LogP contribution in [0.5, 0.6) is 0 Å². The van der Waals surface area contributed by atoms with Crippen molar-refractivity contribution in [3.05, 3.63) is 106 Å². The molecule has 38 heavy (non-hydrogen) atoms. The second kappa shape index (κ2) is 10.2. The summed E-state index contributed by atoms with van der Waals surface area (Å²) in [6.45, 7) is 1.72. The lowest BCUT2D eigenvalue weighted by Crippen LogP contribution is -2.37. The Kier molecular flexibility index (Phi) is 6.52. The van der Waals surface area contributed by atoms with E-state index in [9.17, 15) is 9.59 Å². The highest BCUT2D eigenvalue weighted by molar-refractivity contribution is 5.96. The van der Waals surface area contributed by atoms with Gasteiger partial charge in [-0.3, -0.25) is 19.7 Å². The van der Waals surface area contributed by atoms with Gasteiger partial charge in [0, 0.05) is 31.2 Å². The molecule has 2 aromatic carbocycles. The summed E-state index contributed by atoms with van der Waals surface area (Å²) in [5.74, 6) is 5.86. The highest BCUT2D eigenvalue weighted by Crippen LogP contribution is 2.19. The van der Waals surface area contributed by atoms with Crippen molar-refractivity contribution < 1.29 is 4.79 Å². The first-order valence-electron chi connectivity index (χ1n) is 11.7. The molecule has 0 aliphatic heterocycles. The Morgan fingerprint density at radius 1 is 1.05 bits per heavy atom. The molecule has 4 N–H and O–H groups in total. The number of carbonyl (C=O) groups excluding carboxylic acids is 1. The van der Waals surface area contributed by atoms with E-state index in [0.717, 1.165) is 5.56 Å². The molecule has 1 amide bonds. The molecule has 3 heterocycles. The summed E-state index contributed by atoms with van der Waals surface area (Å²) < 4.78 is 2.97. The van der Waals surface area contributed by atoms with Crippen LogP contribution in [0.1, 0.15) is 40.4 Å². The molecule has 0 radical (unpaired) electrons. The minimum Gasteiger partial charge on any atom is -0.382 e. The van der Waals surface area contributed by atoms with Crippen LogP contribution in [0.3, 0.4) is 0 Å². The van der Waals surface area contributed by atoms with Crippen LogP contribution < -0.4 is 22.0 Å². The molecule has 0 aliphatic carbocycles. The van der Waals surface area contributed by atoms with Crippen LogP contribution in [-0.4, -0.2) is 35.3 Å². The number of carbonyl (C=O) groups is 1. The second-order valence-corrected chi connectivity index (χ2v) is 8.43. The summed E-state index contributed by atoms with van der Waals surface area (Å²) in [4.78, 5) is 39.5. The van der Waals surface area contributed by atoms with Gasteiger partial charge in [0.2, 0.25) is 0 Å². The van der Waals surface area contributed by atoms with Crippen LogP contribution in [0.15, 0.2) is 78.1 Å². The number of nitrogen functional groups attached to an aromatic ring is 1. The van der Waals surface area contributed by atoms with Crippen molar-refractivity contribution in [3.8, 4) is 11.8 Å². The number of nitrogens with zero attached hydrogens (tertiary/aromatic N) is 6. The fraction of sp³-hybridized carbons (Fsp3) is 0.111. The molecule has 0 spiro atoms. The first-order chi connectivity index (χ1) is 18.4. The Balaban J connectivity index is 1.62. The zero-order chi connectivity index (χ0) is 26.6. The lowest BCUT2D eigenvalue weighted by Gasteiger charge is -2.20. The minimum absolute atomic E-state index is 0.000281. The van der Waals surface area contributed by atoms with Crippen LogP contribution in [0.4, 0.5) is 11.5 Å². The predicted molar refractivity (Wildman–Crippen MR) is 143 cm³/mol. The second-order valence-electron chi connectivity index (χ2n) is 8.43. The maximum Gasteiger partial charge on any atom is 0.281 e. The number of rotatable bonds is 5. The van der Waals surface area contributed by atoms with Crippen LogP contribution in [-0.2, 0) is 7.05 Å². The van der Waals surface area contributed by atoms with Crippen molar-refractivity contribution in [1.82, 2.24) is 34.7 Å². The Morgan fingerprint density at radius 2 is 1.84 bits per heavy atom. The maximum atomic E-state index is 13.9. The van der Waals surface area contributed by atoms with Gasteiger partial charge in [0.15, 0.2) is 17.3 Å². The van der Waals surface area contributed by atoms with E-state index in [4.69, 9.17) is 10.7 Å². The summed E-state index contributed by atoms with van der Waals surface area (Å²) in [6.07, 6.45) is 6.22. The van der Waals surface area contributed by atoms with Crippen molar-refractivity contribution in [1.29, 1.82) is 0 Å². The van der Waals surface area contributed by atoms with Crippen LogP contribution >= 0.6 is 0 Å². The number of nitrogens with two attached hydrogens (primary N) is 1. The lowest BCUT2D eigenvalue weighted by atomic mass is 10.1. The molecule has 0 bridgehead atoms. The smallest absolute Gasteiger partial charge is 0.281 e. The zero-order valence-corrected chi connectivity index (χ0v) is 20.6. The van der Waals surface area contributed by atoms with E-state index in [1.165, 1.54) is 17.1 Å². The lowest BCUT2D eigenvalue weighted by molar-refractivity contribution is 0.0933. The zero-order valence-electron chi connectivity index (χ0n) is 20.6. The molecule has 3 aromatic heterocycles. The van der Waals surface area contributed by atoms with Gasteiger partial charge in [-0.15, -0.1) is 0 Å². The van der Waals surface area contributed by atoms with Crippen molar-refractivity contribution in [2.24, 2.45) is 7.05 Å². The summed E-state index contributed by atoms with van der Waals surface area (Å²) in [5.41, 5.74) is 10.9. The third-order valence-electron chi connectivity index (χ3n) is 5.66. The Bertz CT molecular complexity index is 1760. The topological polar surface area (TPSA) is 146 Å². The number of para-hydroxylation sites is 1. The molecular weight excluding hydrogens is 482 g/mol. The molecule has 5 rings (SSSR count). The van der Waals surface area contributed by atoms with Gasteiger partial charge in [-0.05, 0) is 31.2 Å². The summed E-state index contributed by atoms with van der Waals surface area (Å²) in [7, 11) is 1.81. The molecule has 1 atom stereocenters. The average Bonchev–Trinajstić information content (AvgIpc) is 3.34. The first kappa shape index (κ1) is 24.2. The number of anilines is 2. The van der Waals surface area contributed by atoms with Crippen molar-refractivity contribution >= 4 is 28.3 Å². The Morgan fingerprint density at radius 3 is 2.58 bits per heavy atom. The number of aryl methyl sites for hydroxylation is 1. The number of nitrogens with one attached hydrogen (secondary N) is 2. The molecular formula is C27H23N9O2. The molecule has 0 fully saturated rings. The van der Waals surface area contributed by atoms with Gasteiger partial charge in [0.25, 0.3) is 11.5 Å². The van der Waals surface area contributed by atoms with E-state index in [1.807, 2.05) is 30.3 Å².